The number of anilines is 1. The van der Waals surface area contributed by atoms with E-state index in [-0.39, 0.29) is 16.9 Å². The van der Waals surface area contributed by atoms with Crippen LogP contribution < -0.4 is 5.43 Å². The molecule has 0 bridgehead atoms. The van der Waals surface area contributed by atoms with Gasteiger partial charge in [0.2, 0.25) is 0 Å². The summed E-state index contributed by atoms with van der Waals surface area (Å²) in [7, 11) is 0. The van der Waals surface area contributed by atoms with Gasteiger partial charge >= 0.3 is 0 Å². The quantitative estimate of drug-likeness (QED) is 0.227. The average molecular weight is 535 g/mol. The first-order chi connectivity index (χ1) is 19.9. The topological polar surface area (TPSA) is 61.1 Å². The maximum atomic E-state index is 14.5. The smallest absolute Gasteiger partial charge is 0.123 e. The van der Waals surface area contributed by atoms with Gasteiger partial charge in [-0.3, -0.25) is 15.8 Å². The number of para-hydroxylation sites is 1. The van der Waals surface area contributed by atoms with Crippen LogP contribution in [-0.2, 0) is 5.41 Å². The molecule has 5 heteroatoms. The van der Waals surface area contributed by atoms with Crippen LogP contribution in [0.5, 0.6) is 0 Å². The van der Waals surface area contributed by atoms with Gasteiger partial charge in [-0.25, -0.2) is 4.39 Å². The summed E-state index contributed by atoms with van der Waals surface area (Å²) in [4.78, 5) is 4.12. The fraction of sp³-hybridized carbons (Fsp3) is 0.0833. The molecule has 0 fully saturated rings. The molecule has 1 heterocycles. The number of hydrazone groups is 1. The van der Waals surface area contributed by atoms with Gasteiger partial charge in [0.1, 0.15) is 11.5 Å². The fourth-order valence-corrected chi connectivity index (χ4v) is 6.07. The molecular weight excluding hydrogens is 507 g/mol. The van der Waals surface area contributed by atoms with Crippen molar-refractivity contribution < 1.29 is 4.39 Å². The van der Waals surface area contributed by atoms with E-state index in [0.717, 1.165) is 33.5 Å². The van der Waals surface area contributed by atoms with E-state index in [9.17, 15) is 4.39 Å². The minimum absolute atomic E-state index is 0.148. The number of hydrogen-bond acceptors (Lipinski definition) is 4. The van der Waals surface area contributed by atoms with Gasteiger partial charge in [0.05, 0.1) is 11.4 Å². The first-order valence-electron chi connectivity index (χ1n) is 13.6. The molecule has 0 aliphatic heterocycles. The number of rotatable bonds is 4. The van der Waals surface area contributed by atoms with Crippen LogP contribution in [0.3, 0.4) is 0 Å². The summed E-state index contributed by atoms with van der Waals surface area (Å²) >= 11 is 0. The second-order valence-corrected chi connectivity index (χ2v) is 10.9. The second-order valence-electron chi connectivity index (χ2n) is 10.9. The van der Waals surface area contributed by atoms with Crippen molar-refractivity contribution in [1.29, 1.82) is 5.41 Å². The Bertz CT molecular complexity index is 1920. The van der Waals surface area contributed by atoms with Crippen molar-refractivity contribution in [2.75, 3.05) is 5.43 Å². The molecule has 0 atom stereocenters. The molecule has 0 spiro atoms. The number of aromatic nitrogens is 1. The van der Waals surface area contributed by atoms with Gasteiger partial charge in [-0.1, -0.05) is 74.5 Å². The zero-order valence-electron chi connectivity index (χ0n) is 22.7. The van der Waals surface area contributed by atoms with Gasteiger partial charge in [-0.2, -0.15) is 5.10 Å². The Kier molecular flexibility index (Phi) is 5.75. The van der Waals surface area contributed by atoms with E-state index in [0.29, 0.717) is 11.3 Å². The van der Waals surface area contributed by atoms with Crippen molar-refractivity contribution in [3.63, 3.8) is 0 Å². The third-order valence-electron chi connectivity index (χ3n) is 8.19. The molecule has 2 aliphatic rings. The molecule has 41 heavy (non-hydrogen) atoms. The first-order valence-corrected chi connectivity index (χ1v) is 13.6. The predicted octanol–water partition coefficient (Wildman–Crippen LogP) is 8.48. The number of allylic oxidation sites excluding steroid dienone is 1. The summed E-state index contributed by atoms with van der Waals surface area (Å²) in [5, 5.41) is 13.6. The minimum Gasteiger partial charge on any atom is -0.298 e. The summed E-state index contributed by atoms with van der Waals surface area (Å²) in [6.45, 7) is 4.51. The molecule has 2 N–H and O–H groups in total. The number of halogens is 1. The molecule has 0 saturated carbocycles. The van der Waals surface area contributed by atoms with Crippen molar-refractivity contribution >= 4 is 22.7 Å². The molecule has 4 nitrogen and oxygen atoms in total. The Morgan fingerprint density at radius 3 is 2.24 bits per heavy atom. The monoisotopic (exact) mass is 534 g/mol. The third-order valence-corrected chi connectivity index (χ3v) is 8.19. The van der Waals surface area contributed by atoms with Crippen LogP contribution >= 0.6 is 0 Å². The van der Waals surface area contributed by atoms with E-state index in [4.69, 9.17) is 5.41 Å². The molecule has 0 radical (unpaired) electrons. The van der Waals surface area contributed by atoms with Crippen LogP contribution in [0.2, 0.25) is 0 Å². The van der Waals surface area contributed by atoms with Crippen LogP contribution in [0.1, 0.15) is 41.7 Å². The van der Waals surface area contributed by atoms with Crippen LogP contribution in [0.15, 0.2) is 121 Å². The lowest BCUT2D eigenvalue weighted by atomic mass is 9.80. The van der Waals surface area contributed by atoms with Gasteiger partial charge in [-0.05, 0) is 87.0 Å². The third kappa shape index (κ3) is 4.09. The zero-order valence-corrected chi connectivity index (χ0v) is 22.7. The summed E-state index contributed by atoms with van der Waals surface area (Å²) in [6, 6.07) is 31.5. The Labute approximate surface area is 238 Å². The van der Waals surface area contributed by atoms with E-state index in [1.807, 2.05) is 42.5 Å². The SMILES string of the molecule is CC1(C)c2ccccc2-c2ccc(C3=CC(=NNc4ccccc4-c4ccncc4)C(=N)c4cc(F)ccc43)cc21. The van der Waals surface area contributed by atoms with E-state index >= 15 is 0 Å². The molecule has 7 rings (SSSR count). The summed E-state index contributed by atoms with van der Waals surface area (Å²) < 4.78 is 14.5. The van der Waals surface area contributed by atoms with Crippen LogP contribution in [0, 0.1) is 11.2 Å². The van der Waals surface area contributed by atoms with E-state index in [1.54, 1.807) is 18.5 Å². The summed E-state index contributed by atoms with van der Waals surface area (Å²) in [5.74, 6) is -0.379. The number of nitrogens with zero attached hydrogens (tertiary/aromatic N) is 2. The fourth-order valence-electron chi connectivity index (χ4n) is 6.07. The van der Waals surface area contributed by atoms with Crippen LogP contribution in [0.25, 0.3) is 27.8 Å². The van der Waals surface area contributed by atoms with Crippen molar-refractivity contribution in [2.24, 2.45) is 5.10 Å². The highest BCUT2D eigenvalue weighted by atomic mass is 19.1. The number of nitrogens with one attached hydrogen (secondary N) is 2. The highest BCUT2D eigenvalue weighted by Crippen LogP contribution is 2.49. The molecule has 198 valence electrons. The van der Waals surface area contributed by atoms with Gasteiger partial charge in [0, 0.05) is 28.9 Å². The van der Waals surface area contributed by atoms with Crippen molar-refractivity contribution in [3.05, 3.63) is 149 Å². The lowest BCUT2D eigenvalue weighted by Crippen LogP contribution is -2.21. The normalized spacial score (nSPS) is 15.6. The molecular formula is C36H27FN4. The van der Waals surface area contributed by atoms with Gasteiger partial charge in [0.25, 0.3) is 0 Å². The first kappa shape index (κ1) is 24.9. The molecule has 0 saturated heterocycles. The number of pyridine rings is 1. The largest absolute Gasteiger partial charge is 0.298 e. The average Bonchev–Trinajstić information content (AvgIpc) is 3.23. The predicted molar refractivity (Wildman–Crippen MR) is 165 cm³/mol. The van der Waals surface area contributed by atoms with Gasteiger partial charge in [-0.15, -0.1) is 0 Å². The lowest BCUT2D eigenvalue weighted by molar-refractivity contribution is 0.627. The van der Waals surface area contributed by atoms with E-state index in [1.165, 1.54) is 34.4 Å². The lowest BCUT2D eigenvalue weighted by Gasteiger charge is -2.24. The number of hydrogen-bond donors (Lipinski definition) is 2. The van der Waals surface area contributed by atoms with Crippen LogP contribution in [0.4, 0.5) is 10.1 Å². The molecule has 5 aromatic rings. The second kappa shape index (κ2) is 9.49. The van der Waals surface area contributed by atoms with E-state index in [2.05, 4.69) is 71.8 Å². The maximum Gasteiger partial charge on any atom is 0.123 e. The van der Waals surface area contributed by atoms with Crippen molar-refractivity contribution in [3.8, 4) is 22.3 Å². The Hall–Kier alpha value is -5.16. The zero-order chi connectivity index (χ0) is 28.1. The summed E-state index contributed by atoms with van der Waals surface area (Å²) in [6.07, 6.45) is 5.44. The van der Waals surface area contributed by atoms with Gasteiger partial charge < -0.3 is 0 Å². The Balaban J connectivity index is 1.34. The Morgan fingerprint density at radius 2 is 1.41 bits per heavy atom. The van der Waals surface area contributed by atoms with Crippen molar-refractivity contribution in [2.45, 2.75) is 19.3 Å². The van der Waals surface area contributed by atoms with E-state index < -0.39 is 0 Å². The van der Waals surface area contributed by atoms with Crippen LogP contribution in [-0.4, -0.2) is 16.4 Å². The van der Waals surface area contributed by atoms with Crippen molar-refractivity contribution in [1.82, 2.24) is 4.98 Å². The summed E-state index contributed by atoms with van der Waals surface area (Å²) in [5.41, 5.74) is 14.8. The standard InChI is InChI=1S/C36H27FN4/c1-36(2)31-9-5-3-8-27(31)28-13-11-23(19-32(28)36)29-21-34(35(38)30-20-24(37)12-14-26(29)30)41-40-33-10-6-4-7-25(33)22-15-17-39-18-16-22/h3-21,38,40H,1-2H3. The Morgan fingerprint density at radius 1 is 0.707 bits per heavy atom. The van der Waals surface area contributed by atoms with Gasteiger partial charge in [0.15, 0.2) is 0 Å². The molecule has 1 aromatic heterocycles. The highest BCUT2D eigenvalue weighted by molar-refractivity contribution is 6.54. The molecule has 4 aromatic carbocycles. The molecule has 2 aliphatic carbocycles. The molecule has 0 amide bonds. The maximum absolute atomic E-state index is 14.5. The number of fused-ring (bicyclic) bond motifs is 4. The minimum atomic E-state index is -0.379. The molecule has 0 unspecified atom stereocenters. The highest BCUT2D eigenvalue weighted by Gasteiger charge is 2.35. The number of benzene rings is 4.